The maximum Gasteiger partial charge on any atom is 0.407 e. The normalized spacial score (nSPS) is 14.1. The molecule has 0 radical (unpaired) electrons. The number of hydrogen-bond acceptors (Lipinski definition) is 5. The SMILES string of the molecule is CCC(C)N(CC(=O)O)C(=O)[C@H](CN(C)C)NC(=O)OCC1c2ccccc2-c2ccccc21. The third-order valence-electron chi connectivity index (χ3n) is 6.19. The van der Waals surface area contributed by atoms with Crippen LogP contribution in [-0.4, -0.2) is 78.8 Å². The molecule has 2 N–H and O–H groups in total. The van der Waals surface area contributed by atoms with Crippen molar-refractivity contribution < 1.29 is 24.2 Å². The molecular weight excluding hydrogens is 434 g/mol. The monoisotopic (exact) mass is 467 g/mol. The second-order valence-corrected chi connectivity index (χ2v) is 8.90. The van der Waals surface area contributed by atoms with Gasteiger partial charge in [0, 0.05) is 18.5 Å². The summed E-state index contributed by atoms with van der Waals surface area (Å²) in [6.07, 6.45) is -0.111. The Balaban J connectivity index is 1.72. The number of amides is 2. The van der Waals surface area contributed by atoms with Crippen molar-refractivity contribution in [2.75, 3.05) is 33.8 Å². The van der Waals surface area contributed by atoms with E-state index in [0.29, 0.717) is 6.42 Å². The highest BCUT2D eigenvalue weighted by Crippen LogP contribution is 2.44. The number of fused-ring (bicyclic) bond motifs is 3. The van der Waals surface area contributed by atoms with E-state index in [0.717, 1.165) is 22.3 Å². The summed E-state index contributed by atoms with van der Waals surface area (Å²) in [5.74, 6) is -1.64. The van der Waals surface area contributed by atoms with Crippen molar-refractivity contribution in [2.24, 2.45) is 0 Å². The summed E-state index contributed by atoms with van der Waals surface area (Å²) >= 11 is 0. The van der Waals surface area contributed by atoms with Gasteiger partial charge in [0.25, 0.3) is 0 Å². The van der Waals surface area contributed by atoms with Gasteiger partial charge in [0.05, 0.1) is 0 Å². The van der Waals surface area contributed by atoms with Gasteiger partial charge in [-0.15, -0.1) is 0 Å². The summed E-state index contributed by atoms with van der Waals surface area (Å²) < 4.78 is 5.59. The van der Waals surface area contributed by atoms with Gasteiger partial charge < -0.3 is 25.0 Å². The molecule has 0 aromatic heterocycles. The predicted molar refractivity (Wildman–Crippen MR) is 130 cm³/mol. The molecule has 1 aliphatic rings. The van der Waals surface area contributed by atoms with E-state index >= 15 is 0 Å². The van der Waals surface area contributed by atoms with E-state index in [1.165, 1.54) is 4.90 Å². The van der Waals surface area contributed by atoms with Gasteiger partial charge in [-0.1, -0.05) is 55.5 Å². The number of alkyl carbamates (subject to hydrolysis) is 1. The van der Waals surface area contributed by atoms with Crippen LogP contribution >= 0.6 is 0 Å². The molecule has 0 aliphatic heterocycles. The lowest BCUT2D eigenvalue weighted by Crippen LogP contribution is -2.56. The van der Waals surface area contributed by atoms with Crippen LogP contribution in [0.25, 0.3) is 11.1 Å². The molecule has 2 aromatic rings. The molecule has 3 rings (SSSR count). The number of hydrogen-bond donors (Lipinski definition) is 2. The second-order valence-electron chi connectivity index (χ2n) is 8.90. The summed E-state index contributed by atoms with van der Waals surface area (Å²) in [5, 5.41) is 11.9. The fourth-order valence-corrected chi connectivity index (χ4v) is 4.35. The second kappa shape index (κ2) is 11.2. The minimum atomic E-state index is -1.10. The third kappa shape index (κ3) is 5.75. The zero-order valence-corrected chi connectivity index (χ0v) is 20.2. The molecule has 0 spiro atoms. The van der Waals surface area contributed by atoms with Crippen molar-refractivity contribution in [3.8, 4) is 11.1 Å². The molecular formula is C26H33N3O5. The predicted octanol–water partition coefficient (Wildman–Crippen LogP) is 3.17. The van der Waals surface area contributed by atoms with Gasteiger partial charge in [-0.25, -0.2) is 4.79 Å². The van der Waals surface area contributed by atoms with Crippen molar-refractivity contribution >= 4 is 18.0 Å². The van der Waals surface area contributed by atoms with Crippen LogP contribution in [0.4, 0.5) is 4.79 Å². The van der Waals surface area contributed by atoms with Crippen LogP contribution in [0.1, 0.15) is 37.3 Å². The Morgan fingerprint density at radius 3 is 2.09 bits per heavy atom. The quantitative estimate of drug-likeness (QED) is 0.557. The van der Waals surface area contributed by atoms with E-state index in [1.807, 2.05) is 43.3 Å². The van der Waals surface area contributed by atoms with Crippen LogP contribution in [0.3, 0.4) is 0 Å². The number of rotatable bonds is 10. The molecule has 2 aromatic carbocycles. The average molecular weight is 468 g/mol. The van der Waals surface area contributed by atoms with Gasteiger partial charge in [-0.2, -0.15) is 0 Å². The molecule has 0 bridgehead atoms. The van der Waals surface area contributed by atoms with E-state index in [-0.39, 0.29) is 25.1 Å². The molecule has 0 saturated heterocycles. The summed E-state index contributed by atoms with van der Waals surface area (Å²) in [5.41, 5.74) is 4.46. The summed E-state index contributed by atoms with van der Waals surface area (Å²) in [7, 11) is 3.56. The first-order chi connectivity index (χ1) is 16.2. The van der Waals surface area contributed by atoms with Gasteiger partial charge in [-0.3, -0.25) is 9.59 Å². The van der Waals surface area contributed by atoms with E-state index in [4.69, 9.17) is 4.74 Å². The average Bonchev–Trinajstić information content (AvgIpc) is 3.13. The largest absolute Gasteiger partial charge is 0.480 e. The lowest BCUT2D eigenvalue weighted by atomic mass is 9.98. The lowest BCUT2D eigenvalue weighted by Gasteiger charge is -2.32. The highest BCUT2D eigenvalue weighted by molar-refractivity contribution is 5.88. The number of aliphatic carboxylic acids is 1. The third-order valence-corrected chi connectivity index (χ3v) is 6.19. The summed E-state index contributed by atoms with van der Waals surface area (Å²) in [4.78, 5) is 40.4. The fourth-order valence-electron chi connectivity index (χ4n) is 4.35. The van der Waals surface area contributed by atoms with Crippen molar-refractivity contribution in [2.45, 2.75) is 38.3 Å². The number of carbonyl (C=O) groups is 3. The summed E-state index contributed by atoms with van der Waals surface area (Å²) in [6, 6.07) is 14.9. The molecule has 34 heavy (non-hydrogen) atoms. The van der Waals surface area contributed by atoms with Crippen LogP contribution in [0.2, 0.25) is 0 Å². The maximum absolute atomic E-state index is 13.2. The lowest BCUT2D eigenvalue weighted by molar-refractivity contribution is -0.147. The number of likely N-dealkylation sites (N-methyl/N-ethyl adjacent to an activating group) is 1. The van der Waals surface area contributed by atoms with Crippen LogP contribution in [0.5, 0.6) is 0 Å². The van der Waals surface area contributed by atoms with Gasteiger partial charge >= 0.3 is 12.1 Å². The van der Waals surface area contributed by atoms with Crippen molar-refractivity contribution in [3.05, 3.63) is 59.7 Å². The Labute approximate surface area is 200 Å². The van der Waals surface area contributed by atoms with Crippen molar-refractivity contribution in [3.63, 3.8) is 0 Å². The molecule has 182 valence electrons. The first-order valence-electron chi connectivity index (χ1n) is 11.5. The number of carboxylic acid groups (broad SMARTS) is 1. The standard InChI is InChI=1S/C26H33N3O5/c1-5-17(2)29(15-24(30)31)25(32)23(14-28(3)4)27-26(33)34-16-22-20-12-8-6-10-18(20)19-11-7-9-13-21(19)22/h6-13,17,22-23H,5,14-16H2,1-4H3,(H,27,33)(H,30,31)/t17?,23-/m0/s1. The number of nitrogens with one attached hydrogen (secondary N) is 1. The molecule has 1 unspecified atom stereocenters. The minimum absolute atomic E-state index is 0.0928. The van der Waals surface area contributed by atoms with Gasteiger partial charge in [0.15, 0.2) is 0 Å². The molecule has 8 nitrogen and oxygen atoms in total. The number of carbonyl (C=O) groups excluding carboxylic acids is 2. The molecule has 8 heteroatoms. The van der Waals surface area contributed by atoms with Crippen LogP contribution in [0.15, 0.2) is 48.5 Å². The topological polar surface area (TPSA) is 99.2 Å². The Kier molecular flexibility index (Phi) is 8.28. The molecule has 2 amide bonds. The number of ether oxygens (including phenoxy) is 1. The molecule has 0 saturated carbocycles. The molecule has 1 aliphatic carbocycles. The Morgan fingerprint density at radius 2 is 1.59 bits per heavy atom. The van der Waals surface area contributed by atoms with E-state index in [2.05, 4.69) is 17.4 Å². The van der Waals surface area contributed by atoms with Gasteiger partial charge in [0.1, 0.15) is 19.2 Å². The molecule has 2 atom stereocenters. The highest BCUT2D eigenvalue weighted by atomic mass is 16.5. The molecule has 0 heterocycles. The number of nitrogens with zero attached hydrogens (tertiary/aromatic N) is 2. The smallest absolute Gasteiger partial charge is 0.407 e. The highest BCUT2D eigenvalue weighted by Gasteiger charge is 2.32. The Hall–Kier alpha value is -3.39. The van der Waals surface area contributed by atoms with Gasteiger partial charge in [-0.05, 0) is 49.7 Å². The minimum Gasteiger partial charge on any atom is -0.480 e. The van der Waals surface area contributed by atoms with Crippen molar-refractivity contribution in [1.29, 1.82) is 0 Å². The Morgan fingerprint density at radius 1 is 1.03 bits per heavy atom. The Bertz CT molecular complexity index is 993. The van der Waals surface area contributed by atoms with Crippen LogP contribution < -0.4 is 5.32 Å². The summed E-state index contributed by atoms with van der Waals surface area (Å²) in [6.45, 7) is 3.60. The zero-order chi connectivity index (χ0) is 24.8. The molecule has 0 fully saturated rings. The number of carboxylic acids is 1. The van der Waals surface area contributed by atoms with E-state index in [9.17, 15) is 19.5 Å². The first kappa shape index (κ1) is 25.2. The van der Waals surface area contributed by atoms with E-state index < -0.39 is 30.6 Å². The van der Waals surface area contributed by atoms with Crippen LogP contribution in [0, 0.1) is 0 Å². The van der Waals surface area contributed by atoms with E-state index in [1.54, 1.807) is 25.9 Å². The van der Waals surface area contributed by atoms with Gasteiger partial charge in [0.2, 0.25) is 5.91 Å². The van der Waals surface area contributed by atoms with Crippen LogP contribution in [-0.2, 0) is 14.3 Å². The number of benzene rings is 2. The first-order valence-corrected chi connectivity index (χ1v) is 11.5. The van der Waals surface area contributed by atoms with Crippen molar-refractivity contribution in [1.82, 2.24) is 15.1 Å². The zero-order valence-electron chi connectivity index (χ0n) is 20.2. The maximum atomic E-state index is 13.2. The fraction of sp³-hybridized carbons (Fsp3) is 0.423.